The summed E-state index contributed by atoms with van der Waals surface area (Å²) in [7, 11) is 0. The molecule has 2 aliphatic heterocycles. The van der Waals surface area contributed by atoms with E-state index < -0.39 is 0 Å². The Morgan fingerprint density at radius 1 is 1.11 bits per heavy atom. The van der Waals surface area contributed by atoms with E-state index in [0.29, 0.717) is 12.5 Å². The Hall–Kier alpha value is -1.55. The van der Waals surface area contributed by atoms with E-state index in [9.17, 15) is 4.79 Å². The van der Waals surface area contributed by atoms with Crippen LogP contribution in [-0.4, -0.2) is 69.2 Å². The fourth-order valence-corrected chi connectivity index (χ4v) is 3.50. The summed E-state index contributed by atoms with van der Waals surface area (Å²) in [6.45, 7) is 8.74. The molecule has 0 aliphatic carbocycles. The second-order valence-electron chi connectivity index (χ2n) is 6.86. The molecule has 0 unspecified atom stereocenters. The van der Waals surface area contributed by atoms with Crippen molar-refractivity contribution >= 4 is 41.5 Å². The van der Waals surface area contributed by atoms with Gasteiger partial charge in [0.05, 0.1) is 26.3 Å². The van der Waals surface area contributed by atoms with Crippen LogP contribution in [0.2, 0.25) is 0 Å². The molecule has 2 N–H and O–H groups in total. The largest absolute Gasteiger partial charge is 0.378 e. The molecule has 28 heavy (non-hydrogen) atoms. The highest BCUT2D eigenvalue weighted by Crippen LogP contribution is 2.22. The van der Waals surface area contributed by atoms with Gasteiger partial charge in [-0.1, -0.05) is 18.2 Å². The number of likely N-dealkylation sites (tertiary alicyclic amines) is 1. The number of aliphatic imine (C=N–C) groups is 1. The molecule has 2 aliphatic rings. The van der Waals surface area contributed by atoms with Crippen LogP contribution in [0.1, 0.15) is 25.3 Å². The number of halogens is 1. The van der Waals surface area contributed by atoms with Crippen LogP contribution in [-0.2, 0) is 16.1 Å². The van der Waals surface area contributed by atoms with Gasteiger partial charge in [0, 0.05) is 38.4 Å². The van der Waals surface area contributed by atoms with Gasteiger partial charge in [0.1, 0.15) is 0 Å². The first kappa shape index (κ1) is 22.7. The lowest BCUT2D eigenvalue weighted by atomic mass is 10.1. The maximum Gasteiger partial charge on any atom is 0.241 e. The minimum atomic E-state index is 0. The molecule has 7 nitrogen and oxygen atoms in total. The number of nitrogens with zero attached hydrogens (tertiary/aromatic N) is 3. The van der Waals surface area contributed by atoms with Crippen molar-refractivity contribution in [3.05, 3.63) is 29.8 Å². The van der Waals surface area contributed by atoms with E-state index in [-0.39, 0.29) is 36.4 Å². The summed E-state index contributed by atoms with van der Waals surface area (Å²) >= 11 is 0. The molecular formula is C20H32IN5O2. The van der Waals surface area contributed by atoms with Crippen molar-refractivity contribution in [3.8, 4) is 0 Å². The lowest BCUT2D eigenvalue weighted by Gasteiger charge is -2.30. The Balaban J connectivity index is 0.00000280. The SMILES string of the molecule is CCNC(=NCc1ccccc1N1CCOCC1)NCC(=O)N1CCCC1.I. The van der Waals surface area contributed by atoms with Crippen LogP contribution in [0.5, 0.6) is 0 Å². The number of nitrogens with one attached hydrogen (secondary N) is 2. The Bertz CT molecular complexity index is 643. The second-order valence-corrected chi connectivity index (χ2v) is 6.86. The van der Waals surface area contributed by atoms with Crippen molar-refractivity contribution in [3.63, 3.8) is 0 Å². The average Bonchev–Trinajstić information content (AvgIpc) is 3.26. The number of morpholine rings is 1. The topological polar surface area (TPSA) is 69.2 Å². The van der Waals surface area contributed by atoms with Crippen molar-refractivity contribution < 1.29 is 9.53 Å². The van der Waals surface area contributed by atoms with Crippen molar-refractivity contribution in [2.45, 2.75) is 26.3 Å². The molecule has 8 heteroatoms. The maximum atomic E-state index is 12.3. The molecule has 0 spiro atoms. The van der Waals surface area contributed by atoms with Crippen LogP contribution in [0.15, 0.2) is 29.3 Å². The smallest absolute Gasteiger partial charge is 0.241 e. The lowest BCUT2D eigenvalue weighted by Crippen LogP contribution is -2.44. The zero-order valence-electron chi connectivity index (χ0n) is 16.7. The highest BCUT2D eigenvalue weighted by molar-refractivity contribution is 14.0. The Morgan fingerprint density at radius 2 is 1.82 bits per heavy atom. The number of para-hydroxylation sites is 1. The van der Waals surface area contributed by atoms with Crippen molar-refractivity contribution in [2.24, 2.45) is 4.99 Å². The molecule has 1 amide bonds. The highest BCUT2D eigenvalue weighted by Gasteiger charge is 2.18. The van der Waals surface area contributed by atoms with E-state index in [0.717, 1.165) is 58.8 Å². The first-order valence-electron chi connectivity index (χ1n) is 9.98. The fraction of sp³-hybridized carbons (Fsp3) is 0.600. The average molecular weight is 501 g/mol. The summed E-state index contributed by atoms with van der Waals surface area (Å²) in [5.41, 5.74) is 2.40. The molecule has 2 fully saturated rings. The zero-order chi connectivity index (χ0) is 18.9. The summed E-state index contributed by atoms with van der Waals surface area (Å²) < 4.78 is 5.46. The summed E-state index contributed by atoms with van der Waals surface area (Å²) in [4.78, 5) is 21.2. The number of carbonyl (C=O) groups is 1. The number of guanidine groups is 1. The molecule has 0 aromatic heterocycles. The minimum Gasteiger partial charge on any atom is -0.378 e. The normalized spacial score (nSPS) is 17.2. The van der Waals surface area contributed by atoms with E-state index in [1.807, 2.05) is 17.9 Å². The molecule has 0 saturated carbocycles. The second kappa shape index (κ2) is 12.1. The maximum absolute atomic E-state index is 12.3. The highest BCUT2D eigenvalue weighted by atomic mass is 127. The van der Waals surface area contributed by atoms with Gasteiger partial charge in [0.2, 0.25) is 5.91 Å². The van der Waals surface area contributed by atoms with Gasteiger partial charge in [0.25, 0.3) is 0 Å². The summed E-state index contributed by atoms with van der Waals surface area (Å²) in [5, 5.41) is 6.41. The first-order valence-corrected chi connectivity index (χ1v) is 9.98. The van der Waals surface area contributed by atoms with Gasteiger partial charge in [0.15, 0.2) is 5.96 Å². The summed E-state index contributed by atoms with van der Waals surface area (Å²) in [6, 6.07) is 8.38. The van der Waals surface area contributed by atoms with Gasteiger partial charge in [-0.25, -0.2) is 4.99 Å². The molecule has 1 aromatic carbocycles. The van der Waals surface area contributed by atoms with Crippen LogP contribution in [0.4, 0.5) is 5.69 Å². The van der Waals surface area contributed by atoms with Crippen LogP contribution in [0.3, 0.4) is 0 Å². The Labute approximate surface area is 184 Å². The van der Waals surface area contributed by atoms with Crippen LogP contribution in [0.25, 0.3) is 0 Å². The molecule has 0 bridgehead atoms. The van der Waals surface area contributed by atoms with Crippen molar-refractivity contribution in [1.29, 1.82) is 0 Å². The van der Waals surface area contributed by atoms with Crippen molar-refractivity contribution in [1.82, 2.24) is 15.5 Å². The quantitative estimate of drug-likeness (QED) is 0.354. The van der Waals surface area contributed by atoms with E-state index in [4.69, 9.17) is 9.73 Å². The third kappa shape index (κ3) is 6.51. The van der Waals surface area contributed by atoms with Gasteiger partial charge in [-0.2, -0.15) is 0 Å². The van der Waals surface area contributed by atoms with E-state index in [1.165, 1.54) is 11.3 Å². The number of rotatable bonds is 6. The molecule has 156 valence electrons. The first-order chi connectivity index (χ1) is 13.3. The predicted octanol–water partition coefficient (Wildman–Crippen LogP) is 1.82. The molecule has 1 aromatic rings. The zero-order valence-corrected chi connectivity index (χ0v) is 19.0. The Kier molecular flexibility index (Phi) is 9.83. The number of hydrogen-bond donors (Lipinski definition) is 2. The van der Waals surface area contributed by atoms with Crippen molar-refractivity contribution in [2.75, 3.05) is 57.4 Å². The van der Waals surface area contributed by atoms with Gasteiger partial charge in [-0.15, -0.1) is 24.0 Å². The summed E-state index contributed by atoms with van der Waals surface area (Å²) in [5.74, 6) is 0.827. The van der Waals surface area contributed by atoms with Gasteiger partial charge < -0.3 is 25.2 Å². The third-order valence-corrected chi connectivity index (χ3v) is 4.96. The molecule has 2 heterocycles. The fourth-order valence-electron chi connectivity index (χ4n) is 3.50. The Morgan fingerprint density at radius 3 is 2.54 bits per heavy atom. The van der Waals surface area contributed by atoms with Crippen LogP contribution >= 0.6 is 24.0 Å². The standard InChI is InChI=1S/C20H31N5O2.HI/c1-2-21-20(23-16-19(26)25-9-5-6-10-25)22-15-17-7-3-4-8-18(17)24-11-13-27-14-12-24;/h3-4,7-8H,2,5-6,9-16H2,1H3,(H2,21,22,23);1H. The lowest BCUT2D eigenvalue weighted by molar-refractivity contribution is -0.128. The number of carbonyl (C=O) groups excluding carboxylic acids is 1. The predicted molar refractivity (Wildman–Crippen MR) is 124 cm³/mol. The number of ether oxygens (including phenoxy) is 1. The molecule has 0 atom stereocenters. The number of amides is 1. The molecular weight excluding hydrogens is 469 g/mol. The molecule has 2 saturated heterocycles. The number of hydrogen-bond acceptors (Lipinski definition) is 4. The van der Waals surface area contributed by atoms with Gasteiger partial charge in [-0.3, -0.25) is 4.79 Å². The van der Waals surface area contributed by atoms with Gasteiger partial charge >= 0.3 is 0 Å². The molecule has 0 radical (unpaired) electrons. The summed E-state index contributed by atoms with van der Waals surface area (Å²) in [6.07, 6.45) is 2.22. The minimum absolute atomic E-state index is 0. The van der Waals surface area contributed by atoms with Crippen LogP contribution in [0, 0.1) is 0 Å². The van der Waals surface area contributed by atoms with E-state index in [1.54, 1.807) is 0 Å². The number of benzene rings is 1. The van der Waals surface area contributed by atoms with E-state index >= 15 is 0 Å². The number of anilines is 1. The van der Waals surface area contributed by atoms with Gasteiger partial charge in [-0.05, 0) is 31.4 Å². The monoisotopic (exact) mass is 501 g/mol. The molecule has 3 rings (SSSR count). The van der Waals surface area contributed by atoms with E-state index in [2.05, 4.69) is 33.7 Å². The third-order valence-electron chi connectivity index (χ3n) is 4.96. The van der Waals surface area contributed by atoms with Crippen LogP contribution < -0.4 is 15.5 Å².